The Morgan fingerprint density at radius 3 is 1.33 bits per heavy atom. The first-order chi connectivity index (χ1) is 18.1. The van der Waals surface area contributed by atoms with Gasteiger partial charge in [-0.3, -0.25) is 14.1 Å². The molecule has 42 heavy (non-hydrogen) atoms. The van der Waals surface area contributed by atoms with Crippen LogP contribution in [-0.4, -0.2) is 71.8 Å². The molecular weight excluding hydrogens is 667 g/mol. The largest absolute Gasteiger partial charge is 0.460 e. The van der Waals surface area contributed by atoms with Gasteiger partial charge in [-0.15, -0.1) is 0 Å². The van der Waals surface area contributed by atoms with Gasteiger partial charge in [0.25, 0.3) is 0 Å². The summed E-state index contributed by atoms with van der Waals surface area (Å²) >= 11 is 0. The van der Waals surface area contributed by atoms with Gasteiger partial charge in [0.15, 0.2) is 0 Å². The van der Waals surface area contributed by atoms with Crippen molar-refractivity contribution in [3.05, 3.63) is 11.6 Å². The second-order valence-corrected chi connectivity index (χ2v) is 10.3. The van der Waals surface area contributed by atoms with E-state index in [1.54, 1.807) is 0 Å². The van der Waals surface area contributed by atoms with E-state index in [1.165, 1.54) is 0 Å². The molecule has 5 N–H and O–H groups in total. The van der Waals surface area contributed by atoms with E-state index in [2.05, 4.69) is 0 Å². The maximum absolute atomic E-state index is 13.0. The van der Waals surface area contributed by atoms with E-state index in [9.17, 15) is 92.6 Å². The second kappa shape index (κ2) is 9.97. The molecule has 0 aromatic carbocycles. The molecule has 0 spiro atoms. The van der Waals surface area contributed by atoms with Gasteiger partial charge in [-0.2, -0.15) is 83.1 Å². The van der Waals surface area contributed by atoms with Crippen LogP contribution in [0.2, 0.25) is 0 Å². The van der Waals surface area contributed by atoms with E-state index < -0.39 is 74.3 Å². The number of hydrogen-bond acceptors (Lipinski definition) is 4. The molecule has 2 unspecified atom stereocenters. The number of halogens is 17. The van der Waals surface area contributed by atoms with Crippen molar-refractivity contribution >= 4 is 21.9 Å². The summed E-state index contributed by atoms with van der Waals surface area (Å²) in [5, 5.41) is -7.84. The van der Waals surface area contributed by atoms with Crippen molar-refractivity contribution in [3.63, 3.8) is 0 Å². The molecule has 0 aromatic heterocycles. The number of allylic oxidation sites excluding steroid dienone is 1. The lowest BCUT2D eigenvalue weighted by atomic mass is 9.79. The van der Waals surface area contributed by atoms with Crippen LogP contribution in [0.25, 0.3) is 0 Å². The van der Waals surface area contributed by atoms with Crippen LogP contribution in [0.3, 0.4) is 0 Å². The van der Waals surface area contributed by atoms with Crippen LogP contribution in [0, 0.1) is 11.3 Å². The average molecular weight is 680 g/mol. The third kappa shape index (κ3) is 4.92. The standard InChI is InChI=1S/C9H12N2O2.C8HF17O3S/c10-7(12)6-3-5-1-2-9(6,4-5)8(11)13;9-1(10,3(13,14)5(17,18)7(21,22)23)2(11,12)4(15,16)6(19,20)8(24,25)29(26,27)28/h3,5H,1-2,4H2,(H2,10,12)(H2,11,13);(H,26,27,28). The Morgan fingerprint density at radius 2 is 1.07 bits per heavy atom. The van der Waals surface area contributed by atoms with E-state index in [-0.39, 0.29) is 0 Å². The molecule has 2 aliphatic rings. The number of alkyl halides is 17. The summed E-state index contributed by atoms with van der Waals surface area (Å²) in [6.07, 6.45) is -3.76. The zero-order valence-corrected chi connectivity index (χ0v) is 20.2. The zero-order chi connectivity index (χ0) is 34.1. The average Bonchev–Trinajstić information content (AvgIpc) is 3.38. The molecule has 1 saturated carbocycles. The number of primary amides is 2. The van der Waals surface area contributed by atoms with Gasteiger partial charge in [0.1, 0.15) is 0 Å². The molecular formula is C17H13F17N2O5S. The minimum absolute atomic E-state index is 0.329. The Bertz CT molecular complexity index is 1240. The fourth-order valence-electron chi connectivity index (χ4n) is 3.85. The highest BCUT2D eigenvalue weighted by Gasteiger charge is 2.96. The third-order valence-electron chi connectivity index (χ3n) is 6.22. The number of hydrogen-bond donors (Lipinski definition) is 3. The van der Waals surface area contributed by atoms with Gasteiger partial charge in [0.05, 0.1) is 5.41 Å². The molecule has 1 fully saturated rings. The fraction of sp³-hybridized carbons (Fsp3) is 0.765. The highest BCUT2D eigenvalue weighted by atomic mass is 32.2. The number of nitrogens with two attached hydrogens (primary N) is 2. The van der Waals surface area contributed by atoms with Gasteiger partial charge >= 0.3 is 57.1 Å². The van der Waals surface area contributed by atoms with Crippen LogP contribution < -0.4 is 11.5 Å². The number of rotatable bonds is 9. The third-order valence-corrected chi connectivity index (χ3v) is 7.13. The van der Waals surface area contributed by atoms with Crippen molar-refractivity contribution in [3.8, 4) is 0 Å². The first kappa shape index (κ1) is 37.4. The summed E-state index contributed by atoms with van der Waals surface area (Å²) in [6.45, 7) is 0. The summed E-state index contributed by atoms with van der Waals surface area (Å²) in [6, 6.07) is 0. The predicted molar refractivity (Wildman–Crippen MR) is 98.5 cm³/mol. The highest BCUT2D eigenvalue weighted by molar-refractivity contribution is 7.87. The summed E-state index contributed by atoms with van der Waals surface area (Å²) in [5.41, 5.74) is 10.2. The Kier molecular flexibility index (Phi) is 8.88. The Labute approximate surface area is 220 Å². The summed E-state index contributed by atoms with van der Waals surface area (Å²) < 4.78 is 242. The molecule has 246 valence electrons. The first-order valence-electron chi connectivity index (χ1n) is 10.1. The van der Waals surface area contributed by atoms with Crippen molar-refractivity contribution in [2.75, 3.05) is 0 Å². The van der Waals surface area contributed by atoms with Crippen molar-refractivity contribution in [1.29, 1.82) is 0 Å². The molecule has 0 aromatic rings. The molecule has 0 heterocycles. The fourth-order valence-corrected chi connectivity index (χ4v) is 4.30. The number of carbonyl (C=O) groups excluding carboxylic acids is 2. The molecule has 2 bridgehead atoms. The molecule has 2 rings (SSSR count). The predicted octanol–water partition coefficient (Wildman–Crippen LogP) is 4.52. The summed E-state index contributed by atoms with van der Waals surface area (Å²) in [5.74, 6) is -52.5. The van der Waals surface area contributed by atoms with Crippen LogP contribution in [0.4, 0.5) is 74.6 Å². The van der Waals surface area contributed by atoms with Crippen LogP contribution in [0.5, 0.6) is 0 Å². The smallest absolute Gasteiger partial charge is 0.369 e. The summed E-state index contributed by atoms with van der Waals surface area (Å²) in [4.78, 5) is 22.3. The topological polar surface area (TPSA) is 141 Å². The van der Waals surface area contributed by atoms with Crippen molar-refractivity contribution < 1.29 is 97.2 Å². The number of carbonyl (C=O) groups is 2. The summed E-state index contributed by atoms with van der Waals surface area (Å²) in [7, 11) is -7.89. The van der Waals surface area contributed by atoms with Crippen LogP contribution >= 0.6 is 0 Å². The van der Waals surface area contributed by atoms with Gasteiger partial charge < -0.3 is 11.5 Å². The van der Waals surface area contributed by atoms with Crippen LogP contribution in [0.1, 0.15) is 19.3 Å². The molecule has 2 atom stereocenters. The SMILES string of the molecule is NC(=O)C1=CC2CCC1(C(N)=O)C2.O=S(=O)(O)C(F)(F)C(F)(F)C(F)(F)C(F)(F)C(F)(F)C(F)(F)C(F)(F)C(F)(F)F. The minimum atomic E-state index is -8.89. The monoisotopic (exact) mass is 680 g/mol. The van der Waals surface area contributed by atoms with Gasteiger partial charge in [0.2, 0.25) is 11.8 Å². The Balaban J connectivity index is 0.000000554. The Morgan fingerprint density at radius 1 is 0.714 bits per heavy atom. The van der Waals surface area contributed by atoms with Crippen LogP contribution in [0.15, 0.2) is 11.6 Å². The minimum Gasteiger partial charge on any atom is -0.369 e. The maximum atomic E-state index is 13.0. The molecule has 25 heteroatoms. The van der Waals surface area contributed by atoms with E-state index in [0.29, 0.717) is 24.3 Å². The number of amides is 2. The molecule has 2 amide bonds. The Hall–Kier alpha value is -2.60. The molecule has 7 nitrogen and oxygen atoms in total. The number of fused-ring (bicyclic) bond motifs is 2. The quantitative estimate of drug-likeness (QED) is 0.243. The molecule has 0 saturated heterocycles. The van der Waals surface area contributed by atoms with Crippen LogP contribution in [-0.2, 0) is 19.7 Å². The lowest BCUT2D eigenvalue weighted by molar-refractivity contribution is -0.458. The van der Waals surface area contributed by atoms with E-state index >= 15 is 0 Å². The second-order valence-electron chi connectivity index (χ2n) is 8.83. The van der Waals surface area contributed by atoms with E-state index in [4.69, 9.17) is 16.0 Å². The first-order valence-corrected chi connectivity index (χ1v) is 11.5. The highest BCUT2D eigenvalue weighted by Crippen LogP contribution is 2.64. The normalized spacial score (nSPS) is 22.8. The maximum Gasteiger partial charge on any atom is 0.460 e. The lowest BCUT2D eigenvalue weighted by Crippen LogP contribution is -2.74. The van der Waals surface area contributed by atoms with Gasteiger partial charge in [0, 0.05) is 5.57 Å². The van der Waals surface area contributed by atoms with Crippen molar-refractivity contribution in [2.45, 2.75) is 66.2 Å². The molecule has 0 aliphatic heterocycles. The van der Waals surface area contributed by atoms with Gasteiger partial charge in [-0.25, -0.2) is 0 Å². The lowest BCUT2D eigenvalue weighted by Gasteiger charge is -2.42. The van der Waals surface area contributed by atoms with Crippen molar-refractivity contribution in [2.24, 2.45) is 22.8 Å². The van der Waals surface area contributed by atoms with Crippen molar-refractivity contribution in [1.82, 2.24) is 0 Å². The molecule has 0 radical (unpaired) electrons. The zero-order valence-electron chi connectivity index (χ0n) is 19.3. The van der Waals surface area contributed by atoms with Gasteiger partial charge in [-0.05, 0) is 25.2 Å². The van der Waals surface area contributed by atoms with E-state index in [0.717, 1.165) is 6.42 Å². The molecule has 2 aliphatic carbocycles. The van der Waals surface area contributed by atoms with Gasteiger partial charge in [-0.1, -0.05) is 6.08 Å². The van der Waals surface area contributed by atoms with E-state index in [1.807, 2.05) is 6.08 Å².